The van der Waals surface area contributed by atoms with Crippen molar-refractivity contribution >= 4 is 11.9 Å². The fourth-order valence-electron chi connectivity index (χ4n) is 4.63. The molecule has 178 valence electrons. The maximum absolute atomic E-state index is 12.5. The molecule has 11 heteroatoms. The predicted octanol–water partition coefficient (Wildman–Crippen LogP) is 4.74. The van der Waals surface area contributed by atoms with E-state index < -0.39 is 48.5 Å². The van der Waals surface area contributed by atoms with Gasteiger partial charge >= 0.3 is 24.3 Å². The molecule has 31 heavy (non-hydrogen) atoms. The maximum atomic E-state index is 12.5. The lowest BCUT2D eigenvalue weighted by Gasteiger charge is -2.49. The van der Waals surface area contributed by atoms with Gasteiger partial charge in [0, 0.05) is 12.0 Å². The molecule has 2 saturated carbocycles. The molecule has 0 saturated heterocycles. The van der Waals surface area contributed by atoms with Crippen LogP contribution in [0.2, 0.25) is 0 Å². The zero-order valence-corrected chi connectivity index (χ0v) is 17.3. The first kappa shape index (κ1) is 25.5. The largest absolute Gasteiger partial charge is 0.463 e. The Morgan fingerprint density at radius 2 is 1.65 bits per heavy atom. The predicted molar refractivity (Wildman–Crippen MR) is 95.7 cm³/mol. The quantitative estimate of drug-likeness (QED) is 0.238. The Balaban J connectivity index is 1.92. The van der Waals surface area contributed by atoms with Gasteiger partial charge in [0.05, 0.1) is 12.7 Å². The highest BCUT2D eigenvalue weighted by atomic mass is 19.4. The van der Waals surface area contributed by atoms with E-state index in [1.165, 1.54) is 6.92 Å². The highest BCUT2D eigenvalue weighted by molar-refractivity contribution is 5.87. The molecular weight excluding hydrogens is 434 g/mol. The van der Waals surface area contributed by atoms with Gasteiger partial charge in [-0.25, -0.2) is 4.79 Å². The lowest BCUT2D eigenvalue weighted by atomic mass is 9.64. The monoisotopic (exact) mass is 460 g/mol. The maximum Gasteiger partial charge on any atom is 0.411 e. The minimum absolute atomic E-state index is 0.197. The van der Waals surface area contributed by atoms with E-state index in [-0.39, 0.29) is 18.1 Å². The van der Waals surface area contributed by atoms with Crippen molar-refractivity contribution in [3.8, 4) is 0 Å². The van der Waals surface area contributed by atoms with Gasteiger partial charge in [-0.1, -0.05) is 13.5 Å². The Kier molecular flexibility index (Phi) is 7.71. The van der Waals surface area contributed by atoms with Gasteiger partial charge in [0.15, 0.2) is 0 Å². The molecule has 0 aromatic heterocycles. The number of alkyl halides is 6. The van der Waals surface area contributed by atoms with Gasteiger partial charge < -0.3 is 14.2 Å². The van der Waals surface area contributed by atoms with Crippen LogP contribution in [0.5, 0.6) is 0 Å². The van der Waals surface area contributed by atoms with Gasteiger partial charge in [0.25, 0.3) is 0 Å². The summed E-state index contributed by atoms with van der Waals surface area (Å²) >= 11 is 0. The SMILES string of the molecule is C=C(C)C(=O)OC12CC(C)CC(CC(OCCOC(=O)C(C(F)(F)F)C(F)(F)F)C1)C2. The van der Waals surface area contributed by atoms with Crippen molar-refractivity contribution in [3.63, 3.8) is 0 Å². The first-order chi connectivity index (χ1) is 14.1. The zero-order chi connectivity index (χ0) is 23.6. The summed E-state index contributed by atoms with van der Waals surface area (Å²) in [5.41, 5.74) is -0.502. The van der Waals surface area contributed by atoms with Crippen molar-refractivity contribution in [2.45, 2.75) is 70.0 Å². The van der Waals surface area contributed by atoms with Crippen molar-refractivity contribution in [2.75, 3.05) is 13.2 Å². The van der Waals surface area contributed by atoms with Gasteiger partial charge in [-0.15, -0.1) is 0 Å². The van der Waals surface area contributed by atoms with Gasteiger partial charge in [-0.05, 0) is 44.4 Å². The molecule has 0 aromatic rings. The topological polar surface area (TPSA) is 61.8 Å². The van der Waals surface area contributed by atoms with E-state index in [4.69, 9.17) is 9.47 Å². The van der Waals surface area contributed by atoms with Crippen molar-refractivity contribution in [1.29, 1.82) is 0 Å². The fourth-order valence-corrected chi connectivity index (χ4v) is 4.63. The fraction of sp³-hybridized carbons (Fsp3) is 0.800. The first-order valence-electron chi connectivity index (χ1n) is 9.93. The molecule has 0 radical (unpaired) electrons. The number of hydrogen-bond donors (Lipinski definition) is 0. The third-order valence-electron chi connectivity index (χ3n) is 5.54. The summed E-state index contributed by atoms with van der Waals surface area (Å²) in [5.74, 6) is -6.61. The molecule has 0 amide bonds. The van der Waals surface area contributed by atoms with Crippen LogP contribution in [0.1, 0.15) is 46.0 Å². The summed E-state index contributed by atoms with van der Waals surface area (Å²) in [6.07, 6.45) is -8.91. The lowest BCUT2D eigenvalue weighted by Crippen LogP contribution is -2.50. The molecule has 2 aliphatic carbocycles. The zero-order valence-electron chi connectivity index (χ0n) is 17.3. The minimum Gasteiger partial charge on any atom is -0.463 e. The minimum atomic E-state index is -5.80. The number of fused-ring (bicyclic) bond motifs is 2. The van der Waals surface area contributed by atoms with Crippen LogP contribution in [-0.2, 0) is 23.8 Å². The van der Waals surface area contributed by atoms with E-state index in [0.29, 0.717) is 31.6 Å². The summed E-state index contributed by atoms with van der Waals surface area (Å²) in [5, 5.41) is 0. The molecule has 0 aliphatic heterocycles. The Hall–Kier alpha value is -1.78. The summed E-state index contributed by atoms with van der Waals surface area (Å²) in [6, 6.07) is 0. The summed E-state index contributed by atoms with van der Waals surface area (Å²) < 4.78 is 90.7. The van der Waals surface area contributed by atoms with E-state index in [2.05, 4.69) is 11.3 Å². The third-order valence-corrected chi connectivity index (χ3v) is 5.54. The molecule has 2 fully saturated rings. The number of ether oxygens (including phenoxy) is 3. The van der Waals surface area contributed by atoms with Crippen LogP contribution >= 0.6 is 0 Å². The highest BCUT2D eigenvalue weighted by Gasteiger charge is 2.62. The van der Waals surface area contributed by atoms with Gasteiger partial charge in [-0.3, -0.25) is 4.79 Å². The number of esters is 2. The molecule has 2 aliphatic rings. The van der Waals surface area contributed by atoms with Crippen molar-refractivity contribution in [3.05, 3.63) is 12.2 Å². The normalized spacial score (nSPS) is 28.9. The van der Waals surface area contributed by atoms with Gasteiger partial charge in [-0.2, -0.15) is 26.3 Å². The molecule has 0 spiro atoms. The van der Waals surface area contributed by atoms with E-state index in [0.717, 1.165) is 6.42 Å². The number of carbonyl (C=O) groups excluding carboxylic acids is 2. The van der Waals surface area contributed by atoms with Crippen LogP contribution in [0.15, 0.2) is 12.2 Å². The van der Waals surface area contributed by atoms with E-state index in [1.807, 2.05) is 6.92 Å². The van der Waals surface area contributed by atoms with Crippen LogP contribution in [0, 0.1) is 17.8 Å². The van der Waals surface area contributed by atoms with E-state index in [1.54, 1.807) is 0 Å². The van der Waals surface area contributed by atoms with Crippen LogP contribution < -0.4 is 0 Å². The van der Waals surface area contributed by atoms with E-state index >= 15 is 0 Å². The molecule has 4 unspecified atom stereocenters. The summed E-state index contributed by atoms with van der Waals surface area (Å²) in [6.45, 7) is 6.03. The van der Waals surface area contributed by atoms with Crippen LogP contribution in [0.4, 0.5) is 26.3 Å². The molecule has 0 N–H and O–H groups in total. The van der Waals surface area contributed by atoms with Crippen molar-refractivity contribution in [2.24, 2.45) is 17.8 Å². The number of halogens is 6. The molecule has 0 heterocycles. The van der Waals surface area contributed by atoms with Gasteiger partial charge in [0.2, 0.25) is 5.92 Å². The molecule has 4 atom stereocenters. The molecular formula is C20H26F6O5. The molecule has 0 aromatic carbocycles. The Labute approximate surface area is 176 Å². The second-order valence-corrected chi connectivity index (χ2v) is 8.58. The Bertz CT molecular complexity index is 671. The number of carbonyl (C=O) groups is 2. The molecule has 2 bridgehead atoms. The summed E-state index contributed by atoms with van der Waals surface area (Å²) in [4.78, 5) is 23.4. The number of hydrogen-bond acceptors (Lipinski definition) is 5. The smallest absolute Gasteiger partial charge is 0.411 e. The van der Waals surface area contributed by atoms with Crippen molar-refractivity contribution < 1.29 is 50.1 Å². The average molecular weight is 460 g/mol. The second kappa shape index (κ2) is 9.38. The Morgan fingerprint density at radius 1 is 1.03 bits per heavy atom. The first-order valence-corrected chi connectivity index (χ1v) is 9.93. The molecule has 2 rings (SSSR count). The van der Waals surface area contributed by atoms with Crippen LogP contribution in [0.25, 0.3) is 0 Å². The highest BCUT2D eigenvalue weighted by Crippen LogP contribution is 2.48. The second-order valence-electron chi connectivity index (χ2n) is 8.58. The lowest BCUT2D eigenvalue weighted by molar-refractivity contribution is -0.282. The van der Waals surface area contributed by atoms with Crippen LogP contribution in [0.3, 0.4) is 0 Å². The molecule has 5 nitrogen and oxygen atoms in total. The summed E-state index contributed by atoms with van der Waals surface area (Å²) in [7, 11) is 0. The van der Waals surface area contributed by atoms with E-state index in [9.17, 15) is 35.9 Å². The van der Waals surface area contributed by atoms with Crippen LogP contribution in [-0.4, -0.2) is 49.2 Å². The van der Waals surface area contributed by atoms with Gasteiger partial charge in [0.1, 0.15) is 12.2 Å². The average Bonchev–Trinajstić information content (AvgIpc) is 2.54. The third kappa shape index (κ3) is 6.85. The number of rotatable bonds is 7. The Morgan fingerprint density at radius 3 is 2.19 bits per heavy atom. The van der Waals surface area contributed by atoms with Crippen molar-refractivity contribution in [1.82, 2.24) is 0 Å². The standard InChI is InChI=1S/C20H26F6O5/c1-11(2)16(27)31-18-8-12(3)6-13(9-18)7-14(10-18)29-4-5-30-17(28)15(19(21,22)23)20(24,25)26/h12-15H,1,4-10H2,2-3H3.